The second kappa shape index (κ2) is 9.24. The summed E-state index contributed by atoms with van der Waals surface area (Å²) in [5.74, 6) is -6.69. The zero-order valence-corrected chi connectivity index (χ0v) is 20.8. The van der Waals surface area contributed by atoms with Gasteiger partial charge in [-0.1, -0.05) is 66.7 Å². The first kappa shape index (κ1) is 24.4. The van der Waals surface area contributed by atoms with Crippen LogP contribution < -0.4 is 0 Å². The van der Waals surface area contributed by atoms with E-state index in [-0.39, 0.29) is 5.56 Å². The van der Waals surface area contributed by atoms with Crippen LogP contribution in [0.25, 0.3) is 66.2 Å². The highest BCUT2D eigenvalue weighted by Gasteiger charge is 2.26. The Morgan fingerprint density at radius 1 is 0.585 bits per heavy atom. The van der Waals surface area contributed by atoms with Crippen molar-refractivity contribution in [2.45, 2.75) is 0 Å². The van der Waals surface area contributed by atoms with Crippen LogP contribution >= 0.6 is 0 Å². The minimum absolute atomic E-state index is 0.0665. The average Bonchev–Trinajstić information content (AvgIpc) is 3.50. The fourth-order valence-corrected chi connectivity index (χ4v) is 5.14. The number of fused-ring (bicyclic) bond motifs is 5. The maximum Gasteiger partial charge on any atom is 0.180 e. The van der Waals surface area contributed by atoms with E-state index in [1.807, 2.05) is 60.7 Å². The van der Waals surface area contributed by atoms with E-state index in [2.05, 4.69) is 10.3 Å². The maximum atomic E-state index is 14.5. The standard InChI is InChI=1S/C32H14F4N4O/c33-27-22(15-37)28(34)30(36)25(29(27)35)18-9-5-16(6-10-18)17-7-11-19(12-8-17)31-21-13-14-24-32(40-41-39-24)26(21)20-3-1-2-4-23(20)38-31/h1-14H. The highest BCUT2D eigenvalue weighted by atomic mass is 19.2. The van der Waals surface area contributed by atoms with Crippen molar-refractivity contribution in [3.05, 3.63) is 114 Å². The van der Waals surface area contributed by atoms with Crippen molar-refractivity contribution < 1.29 is 22.2 Å². The number of para-hydroxylation sites is 1. The second-order valence-corrected chi connectivity index (χ2v) is 9.37. The SMILES string of the molecule is N#Cc1c(F)c(F)c(-c2ccc(-c3ccc(-c4nc5ccccc5c5c4ccc4nonc45)cc3)cc2)c(F)c1F. The normalized spacial score (nSPS) is 11.4. The molecule has 9 heteroatoms. The molecule has 0 fully saturated rings. The van der Waals surface area contributed by atoms with Gasteiger partial charge < -0.3 is 0 Å². The Morgan fingerprint density at radius 2 is 1.20 bits per heavy atom. The zero-order valence-electron chi connectivity index (χ0n) is 20.8. The third-order valence-electron chi connectivity index (χ3n) is 7.13. The Morgan fingerprint density at radius 3 is 1.85 bits per heavy atom. The van der Waals surface area contributed by atoms with Crippen LogP contribution in [0.15, 0.2) is 89.6 Å². The van der Waals surface area contributed by atoms with E-state index in [1.165, 1.54) is 12.1 Å². The zero-order chi connectivity index (χ0) is 28.2. The summed E-state index contributed by atoms with van der Waals surface area (Å²) in [6.45, 7) is 0. The van der Waals surface area contributed by atoms with Gasteiger partial charge in [0.05, 0.1) is 16.8 Å². The number of pyridine rings is 1. The molecule has 196 valence electrons. The summed E-state index contributed by atoms with van der Waals surface area (Å²) >= 11 is 0. The number of hydrogen-bond donors (Lipinski definition) is 0. The summed E-state index contributed by atoms with van der Waals surface area (Å²) in [5.41, 5.74) is 2.96. The molecule has 0 bridgehead atoms. The molecular formula is C32H14F4N4O. The molecule has 0 aliphatic carbocycles. The Bertz CT molecular complexity index is 2170. The third-order valence-corrected chi connectivity index (χ3v) is 7.13. The quantitative estimate of drug-likeness (QED) is 0.126. The fourth-order valence-electron chi connectivity index (χ4n) is 5.14. The predicted octanol–water partition coefficient (Wildman–Crippen LogP) is 8.35. The van der Waals surface area contributed by atoms with Crippen LogP contribution in [-0.4, -0.2) is 15.3 Å². The van der Waals surface area contributed by atoms with Crippen molar-refractivity contribution in [1.82, 2.24) is 15.3 Å². The Hall–Kier alpha value is -5.62. The van der Waals surface area contributed by atoms with Gasteiger partial charge in [0.2, 0.25) is 0 Å². The molecule has 5 nitrogen and oxygen atoms in total. The molecule has 5 aromatic carbocycles. The van der Waals surface area contributed by atoms with Gasteiger partial charge in [0.15, 0.2) is 23.3 Å². The molecule has 7 aromatic rings. The van der Waals surface area contributed by atoms with Crippen LogP contribution in [0.4, 0.5) is 17.6 Å². The van der Waals surface area contributed by atoms with Crippen molar-refractivity contribution in [2.75, 3.05) is 0 Å². The van der Waals surface area contributed by atoms with Gasteiger partial charge in [0.1, 0.15) is 22.7 Å². The number of nitriles is 1. The van der Waals surface area contributed by atoms with Gasteiger partial charge in [-0.05, 0) is 45.2 Å². The summed E-state index contributed by atoms with van der Waals surface area (Å²) in [4.78, 5) is 4.92. The minimum Gasteiger partial charge on any atom is -0.247 e. The van der Waals surface area contributed by atoms with E-state index < -0.39 is 34.4 Å². The van der Waals surface area contributed by atoms with Crippen molar-refractivity contribution in [1.29, 1.82) is 5.26 Å². The lowest BCUT2D eigenvalue weighted by atomic mass is 9.96. The average molecular weight is 546 g/mol. The first-order valence-corrected chi connectivity index (χ1v) is 12.4. The summed E-state index contributed by atoms with van der Waals surface area (Å²) in [6, 6.07) is 26.2. The van der Waals surface area contributed by atoms with Crippen molar-refractivity contribution in [3.8, 4) is 39.6 Å². The van der Waals surface area contributed by atoms with Crippen LogP contribution in [0.5, 0.6) is 0 Å². The van der Waals surface area contributed by atoms with Crippen molar-refractivity contribution in [2.24, 2.45) is 0 Å². The maximum absolute atomic E-state index is 14.5. The van der Waals surface area contributed by atoms with Crippen molar-refractivity contribution in [3.63, 3.8) is 0 Å². The second-order valence-electron chi connectivity index (χ2n) is 9.37. The lowest BCUT2D eigenvalue weighted by molar-refractivity contribution is 0.316. The van der Waals surface area contributed by atoms with Gasteiger partial charge in [-0.3, -0.25) is 0 Å². The molecule has 41 heavy (non-hydrogen) atoms. The van der Waals surface area contributed by atoms with Crippen LogP contribution in [-0.2, 0) is 0 Å². The van der Waals surface area contributed by atoms with Gasteiger partial charge in [-0.25, -0.2) is 27.2 Å². The van der Waals surface area contributed by atoms with Crippen molar-refractivity contribution >= 4 is 32.7 Å². The Labute approximate surface area is 228 Å². The van der Waals surface area contributed by atoms with Gasteiger partial charge in [0, 0.05) is 21.7 Å². The molecule has 0 N–H and O–H groups in total. The Kier molecular flexibility index (Phi) is 5.51. The molecule has 0 radical (unpaired) electrons. The van der Waals surface area contributed by atoms with Gasteiger partial charge in [0.25, 0.3) is 0 Å². The molecule has 0 aliphatic rings. The van der Waals surface area contributed by atoms with E-state index in [0.29, 0.717) is 16.6 Å². The van der Waals surface area contributed by atoms with Gasteiger partial charge >= 0.3 is 0 Å². The summed E-state index contributed by atoms with van der Waals surface area (Å²) in [7, 11) is 0. The number of hydrogen-bond acceptors (Lipinski definition) is 5. The lowest BCUT2D eigenvalue weighted by Gasteiger charge is -2.11. The largest absolute Gasteiger partial charge is 0.247 e. The van der Waals surface area contributed by atoms with E-state index in [9.17, 15) is 17.6 Å². The predicted molar refractivity (Wildman–Crippen MR) is 145 cm³/mol. The van der Waals surface area contributed by atoms with Gasteiger partial charge in [-0.15, -0.1) is 0 Å². The molecule has 0 saturated carbocycles. The van der Waals surface area contributed by atoms with E-state index in [1.54, 1.807) is 12.1 Å². The molecule has 7 rings (SSSR count). The molecule has 0 aliphatic heterocycles. The molecule has 2 heterocycles. The molecular weight excluding hydrogens is 532 g/mol. The number of nitrogens with zero attached hydrogens (tertiary/aromatic N) is 4. The van der Waals surface area contributed by atoms with E-state index in [4.69, 9.17) is 14.9 Å². The van der Waals surface area contributed by atoms with E-state index >= 15 is 0 Å². The number of aromatic nitrogens is 3. The first-order chi connectivity index (χ1) is 20.0. The molecule has 2 aromatic heterocycles. The monoisotopic (exact) mass is 546 g/mol. The van der Waals surface area contributed by atoms with Crippen LogP contribution in [0.3, 0.4) is 0 Å². The minimum atomic E-state index is -1.73. The molecule has 0 atom stereocenters. The topological polar surface area (TPSA) is 75.6 Å². The molecule has 0 unspecified atom stereocenters. The number of halogens is 4. The Balaban J connectivity index is 1.29. The summed E-state index contributed by atoms with van der Waals surface area (Å²) in [6.07, 6.45) is 0. The van der Waals surface area contributed by atoms with E-state index in [0.717, 1.165) is 44.6 Å². The van der Waals surface area contributed by atoms with Crippen LogP contribution in [0, 0.1) is 34.6 Å². The highest BCUT2D eigenvalue weighted by molar-refractivity contribution is 6.20. The number of rotatable bonds is 3. The lowest BCUT2D eigenvalue weighted by Crippen LogP contribution is -2.03. The molecule has 0 saturated heterocycles. The van der Waals surface area contributed by atoms with Crippen LogP contribution in [0.2, 0.25) is 0 Å². The first-order valence-electron chi connectivity index (χ1n) is 12.4. The fraction of sp³-hybridized carbons (Fsp3) is 0. The smallest absolute Gasteiger partial charge is 0.180 e. The van der Waals surface area contributed by atoms with Gasteiger partial charge in [-0.2, -0.15) is 5.26 Å². The highest BCUT2D eigenvalue weighted by Crippen LogP contribution is 2.37. The number of benzene rings is 5. The summed E-state index contributed by atoms with van der Waals surface area (Å²) < 4.78 is 62.3. The third kappa shape index (κ3) is 3.72. The molecule has 0 spiro atoms. The summed E-state index contributed by atoms with van der Waals surface area (Å²) in [5, 5.41) is 19.6. The molecule has 0 amide bonds. The van der Waals surface area contributed by atoms with Crippen LogP contribution in [0.1, 0.15) is 5.56 Å².